The topological polar surface area (TPSA) is 72.5 Å². The third-order valence-electron chi connectivity index (χ3n) is 4.42. The fourth-order valence-corrected chi connectivity index (χ4v) is 3.67. The smallest absolute Gasteiger partial charge is 0.328 e. The number of allylic oxidation sites excluding steroid dienone is 1. The largest absolute Gasteiger partial charge is 0.465 e. The van der Waals surface area contributed by atoms with Gasteiger partial charge in [0.2, 0.25) is 10.0 Å². The Hall–Kier alpha value is -2.18. The maximum absolute atomic E-state index is 12.8. The second-order valence-corrected chi connectivity index (χ2v) is 10.0. The number of carbonyl (C=O) groups is 1. The molecule has 28 heavy (non-hydrogen) atoms. The van der Waals surface area contributed by atoms with Crippen molar-refractivity contribution in [3.63, 3.8) is 0 Å². The van der Waals surface area contributed by atoms with Gasteiger partial charge in [-0.05, 0) is 62.1 Å². The Morgan fingerprint density at radius 3 is 2.32 bits per heavy atom. The fraction of sp³-hybridized carbons (Fsp3) is 0.409. The molecular formula is C22H29NO4S. The van der Waals surface area contributed by atoms with E-state index < -0.39 is 26.8 Å². The van der Waals surface area contributed by atoms with Gasteiger partial charge in [-0.2, -0.15) is 4.72 Å². The molecule has 0 aromatic heterocycles. The third-order valence-corrected chi connectivity index (χ3v) is 6.58. The van der Waals surface area contributed by atoms with Crippen LogP contribution in [0.4, 0.5) is 0 Å². The van der Waals surface area contributed by atoms with Crippen molar-refractivity contribution < 1.29 is 17.9 Å². The number of ether oxygens (including phenoxy) is 1. The molecule has 0 unspecified atom stereocenters. The molecule has 0 spiro atoms. The second kappa shape index (κ2) is 8.88. The number of fused-ring (bicyclic) bond motifs is 1. The van der Waals surface area contributed by atoms with Gasteiger partial charge >= 0.3 is 5.97 Å². The summed E-state index contributed by atoms with van der Waals surface area (Å²) in [5.74, 6) is -0.608. The van der Waals surface area contributed by atoms with Crippen LogP contribution < -0.4 is 4.72 Å². The number of benzene rings is 2. The minimum Gasteiger partial charge on any atom is -0.465 e. The Morgan fingerprint density at radius 1 is 1.11 bits per heavy atom. The molecule has 0 saturated carbocycles. The Labute approximate surface area is 167 Å². The van der Waals surface area contributed by atoms with E-state index in [1.807, 2.05) is 55.5 Å². The number of nitrogens with one attached hydrogen (secondary N) is 1. The van der Waals surface area contributed by atoms with Gasteiger partial charge in [-0.3, -0.25) is 0 Å². The minimum atomic E-state index is -3.77. The summed E-state index contributed by atoms with van der Waals surface area (Å²) < 4.78 is 32.3. The molecule has 0 aliphatic rings. The first-order valence-electron chi connectivity index (χ1n) is 9.48. The van der Waals surface area contributed by atoms with Crippen molar-refractivity contribution in [1.82, 2.24) is 4.72 Å². The molecule has 152 valence electrons. The number of carbonyl (C=O) groups excluding carboxylic acids is 1. The van der Waals surface area contributed by atoms with Gasteiger partial charge in [0.1, 0.15) is 6.04 Å². The molecular weight excluding hydrogens is 374 g/mol. The van der Waals surface area contributed by atoms with E-state index in [4.69, 9.17) is 4.74 Å². The molecule has 0 amide bonds. The Morgan fingerprint density at radius 2 is 1.75 bits per heavy atom. The van der Waals surface area contributed by atoms with Crippen molar-refractivity contribution in [3.05, 3.63) is 54.1 Å². The van der Waals surface area contributed by atoms with Crippen LogP contribution in [0.15, 0.2) is 48.5 Å². The van der Waals surface area contributed by atoms with Crippen LogP contribution in [-0.4, -0.2) is 31.8 Å². The van der Waals surface area contributed by atoms with E-state index in [9.17, 15) is 13.2 Å². The lowest BCUT2D eigenvalue weighted by molar-refractivity contribution is -0.143. The molecule has 5 nitrogen and oxygen atoms in total. The molecule has 1 N–H and O–H groups in total. The molecule has 0 aliphatic heterocycles. The molecule has 0 fully saturated rings. The molecule has 0 saturated heterocycles. The average molecular weight is 404 g/mol. The molecule has 6 heteroatoms. The SMILES string of the molecule is CC/C=C(\c1ccc2ccccc2c1)[C@H](NS(=O)(=O)C(C)(C)C)C(=O)OCC. The summed E-state index contributed by atoms with van der Waals surface area (Å²) in [6.07, 6.45) is 2.52. The lowest BCUT2D eigenvalue weighted by Crippen LogP contribution is -2.49. The van der Waals surface area contributed by atoms with E-state index in [0.717, 1.165) is 16.3 Å². The van der Waals surface area contributed by atoms with Crippen molar-refractivity contribution in [2.75, 3.05) is 6.61 Å². The van der Waals surface area contributed by atoms with Crippen molar-refractivity contribution >= 4 is 32.3 Å². The van der Waals surface area contributed by atoms with Crippen LogP contribution in [0.1, 0.15) is 46.6 Å². The minimum absolute atomic E-state index is 0.170. The van der Waals surface area contributed by atoms with Crippen LogP contribution in [0, 0.1) is 0 Å². The van der Waals surface area contributed by atoms with Crippen molar-refractivity contribution in [1.29, 1.82) is 0 Å². The highest BCUT2D eigenvalue weighted by atomic mass is 32.2. The van der Waals surface area contributed by atoms with Crippen LogP contribution >= 0.6 is 0 Å². The summed E-state index contributed by atoms with van der Waals surface area (Å²) in [6.45, 7) is 8.60. The standard InChI is InChI=1S/C22H29NO4S/c1-6-10-19(18-14-13-16-11-8-9-12-17(16)15-18)20(21(24)27-7-2)23-28(25,26)22(3,4)5/h8-15,20,23H,6-7H2,1-5H3/b19-10+/t20-/m0/s1. The Balaban J connectivity index is 2.57. The highest BCUT2D eigenvalue weighted by Crippen LogP contribution is 2.26. The molecule has 0 aliphatic carbocycles. The van der Waals surface area contributed by atoms with Gasteiger partial charge < -0.3 is 4.74 Å². The van der Waals surface area contributed by atoms with Gasteiger partial charge in [-0.25, -0.2) is 13.2 Å². The predicted octanol–water partition coefficient (Wildman–Crippen LogP) is 4.28. The molecule has 0 heterocycles. The summed E-state index contributed by atoms with van der Waals surface area (Å²) in [5, 5.41) is 2.09. The van der Waals surface area contributed by atoms with E-state index in [1.54, 1.807) is 27.7 Å². The quantitative estimate of drug-likeness (QED) is 0.700. The van der Waals surface area contributed by atoms with Crippen LogP contribution in [0.25, 0.3) is 16.3 Å². The molecule has 2 aromatic rings. The van der Waals surface area contributed by atoms with Crippen molar-refractivity contribution in [2.24, 2.45) is 0 Å². The van der Waals surface area contributed by atoms with E-state index in [-0.39, 0.29) is 6.61 Å². The van der Waals surface area contributed by atoms with Crippen molar-refractivity contribution in [3.8, 4) is 0 Å². The lowest BCUT2D eigenvalue weighted by Gasteiger charge is -2.26. The fourth-order valence-electron chi connectivity index (χ4n) is 2.79. The first-order chi connectivity index (χ1) is 13.1. The molecule has 2 aromatic carbocycles. The maximum atomic E-state index is 12.8. The molecule has 0 bridgehead atoms. The first-order valence-corrected chi connectivity index (χ1v) is 11.0. The molecule has 0 radical (unpaired) electrons. The van der Waals surface area contributed by atoms with Gasteiger partial charge in [0.05, 0.1) is 11.4 Å². The zero-order valence-electron chi connectivity index (χ0n) is 17.2. The monoisotopic (exact) mass is 403 g/mol. The Bertz CT molecular complexity index is 971. The zero-order chi connectivity index (χ0) is 20.9. The summed E-state index contributed by atoms with van der Waals surface area (Å²) >= 11 is 0. The maximum Gasteiger partial charge on any atom is 0.328 e. The van der Waals surface area contributed by atoms with Crippen LogP contribution in [0.2, 0.25) is 0 Å². The van der Waals surface area contributed by atoms with Crippen LogP contribution in [-0.2, 0) is 19.6 Å². The molecule has 1 atom stereocenters. The summed E-state index contributed by atoms with van der Waals surface area (Å²) in [5.41, 5.74) is 1.38. The summed E-state index contributed by atoms with van der Waals surface area (Å²) in [4.78, 5) is 12.7. The average Bonchev–Trinajstić information content (AvgIpc) is 2.63. The number of sulfonamides is 1. The number of rotatable bonds is 7. The first kappa shape index (κ1) is 22.1. The molecule has 2 rings (SSSR count). The number of esters is 1. The third kappa shape index (κ3) is 5.00. The van der Waals surface area contributed by atoms with Gasteiger partial charge in [0, 0.05) is 0 Å². The van der Waals surface area contributed by atoms with Gasteiger partial charge in [0.15, 0.2) is 0 Å². The second-order valence-electron chi connectivity index (χ2n) is 7.55. The van der Waals surface area contributed by atoms with Crippen molar-refractivity contribution in [2.45, 2.75) is 51.8 Å². The number of hydrogen-bond donors (Lipinski definition) is 1. The van der Waals surface area contributed by atoms with E-state index in [1.165, 1.54) is 0 Å². The highest BCUT2D eigenvalue weighted by Gasteiger charge is 2.36. The highest BCUT2D eigenvalue weighted by molar-refractivity contribution is 7.90. The normalized spacial score (nSPS) is 14.1. The van der Waals surface area contributed by atoms with E-state index in [2.05, 4.69) is 4.72 Å². The zero-order valence-corrected chi connectivity index (χ0v) is 18.0. The predicted molar refractivity (Wildman–Crippen MR) is 114 cm³/mol. The lowest BCUT2D eigenvalue weighted by atomic mass is 9.95. The Kier molecular flexibility index (Phi) is 7.01. The van der Waals surface area contributed by atoms with E-state index >= 15 is 0 Å². The van der Waals surface area contributed by atoms with Gasteiger partial charge in [0.25, 0.3) is 0 Å². The van der Waals surface area contributed by atoms with Gasteiger partial charge in [-0.15, -0.1) is 0 Å². The van der Waals surface area contributed by atoms with Crippen LogP contribution in [0.5, 0.6) is 0 Å². The summed E-state index contributed by atoms with van der Waals surface area (Å²) in [7, 11) is -3.77. The van der Waals surface area contributed by atoms with Crippen LogP contribution in [0.3, 0.4) is 0 Å². The van der Waals surface area contributed by atoms with E-state index in [0.29, 0.717) is 12.0 Å². The summed E-state index contributed by atoms with van der Waals surface area (Å²) in [6, 6.07) is 12.6. The number of hydrogen-bond acceptors (Lipinski definition) is 4. The van der Waals surface area contributed by atoms with Gasteiger partial charge in [-0.1, -0.05) is 49.4 Å².